The molecule has 0 atom stereocenters. The number of rotatable bonds is 0. The molecule has 1 aliphatic heterocycles. The number of hydrogen-bond donors (Lipinski definition) is 1. The van der Waals surface area contributed by atoms with E-state index in [1.807, 2.05) is 0 Å². The average Bonchev–Trinajstić information content (AvgIpc) is 2.39. The van der Waals surface area contributed by atoms with E-state index in [2.05, 4.69) is 41.1 Å². The van der Waals surface area contributed by atoms with E-state index in [1.54, 1.807) is 0 Å². The predicted molar refractivity (Wildman–Crippen MR) is 59.8 cm³/mol. The molecule has 0 saturated carbocycles. The van der Waals surface area contributed by atoms with Crippen molar-refractivity contribution in [1.82, 2.24) is 4.57 Å². The van der Waals surface area contributed by atoms with Crippen LogP contribution in [-0.4, -0.2) is 11.1 Å². The molecule has 14 heavy (non-hydrogen) atoms. The summed E-state index contributed by atoms with van der Waals surface area (Å²) in [5.74, 6) is 0. The molecule has 0 bridgehead atoms. The number of aryl methyl sites for hydroxylation is 2. The predicted octanol–water partition coefficient (Wildman–Crippen LogP) is 2.77. The van der Waals surface area contributed by atoms with Gasteiger partial charge < -0.3 is 9.88 Å². The molecule has 1 N–H and O–H groups in total. The van der Waals surface area contributed by atoms with Crippen LogP contribution < -0.4 is 5.32 Å². The van der Waals surface area contributed by atoms with Gasteiger partial charge in [-0.15, -0.1) is 0 Å². The van der Waals surface area contributed by atoms with Crippen molar-refractivity contribution in [3.05, 3.63) is 30.0 Å². The van der Waals surface area contributed by atoms with E-state index < -0.39 is 0 Å². The summed E-state index contributed by atoms with van der Waals surface area (Å²) in [6.07, 6.45) is 1.21. The van der Waals surface area contributed by atoms with Crippen LogP contribution in [0.25, 0.3) is 10.9 Å². The monoisotopic (exact) mass is 186 g/mol. The third-order valence-corrected chi connectivity index (χ3v) is 3.00. The van der Waals surface area contributed by atoms with Crippen molar-refractivity contribution in [2.45, 2.75) is 19.9 Å². The van der Waals surface area contributed by atoms with E-state index in [9.17, 15) is 0 Å². The van der Waals surface area contributed by atoms with Crippen molar-refractivity contribution in [2.75, 3.05) is 11.9 Å². The van der Waals surface area contributed by atoms with Gasteiger partial charge in [0.25, 0.3) is 0 Å². The zero-order chi connectivity index (χ0) is 9.54. The van der Waals surface area contributed by atoms with Crippen molar-refractivity contribution >= 4 is 16.6 Å². The Kier molecular flexibility index (Phi) is 1.57. The van der Waals surface area contributed by atoms with E-state index >= 15 is 0 Å². The molecule has 0 amide bonds. The van der Waals surface area contributed by atoms with Gasteiger partial charge in [-0.05, 0) is 25.5 Å². The molecule has 0 aliphatic carbocycles. The van der Waals surface area contributed by atoms with Gasteiger partial charge in [0.1, 0.15) is 0 Å². The first-order valence-electron chi connectivity index (χ1n) is 5.19. The van der Waals surface area contributed by atoms with Gasteiger partial charge in [-0.1, -0.05) is 12.1 Å². The van der Waals surface area contributed by atoms with Crippen LogP contribution in [0.3, 0.4) is 0 Å². The first-order chi connectivity index (χ1) is 6.86. The van der Waals surface area contributed by atoms with Crippen LogP contribution >= 0.6 is 0 Å². The van der Waals surface area contributed by atoms with Gasteiger partial charge in [-0.25, -0.2) is 0 Å². The SMILES string of the molecule is Cc1cc2cccc3c2n1CCCN3. The van der Waals surface area contributed by atoms with E-state index in [-0.39, 0.29) is 0 Å². The number of para-hydroxylation sites is 1. The standard InChI is InChI=1S/C12H14N2/c1-9-8-10-4-2-5-11-12(10)14(9)7-3-6-13-11/h2,4-5,8,13H,3,6-7H2,1H3. The summed E-state index contributed by atoms with van der Waals surface area (Å²) in [7, 11) is 0. The van der Waals surface area contributed by atoms with Crippen LogP contribution in [0.4, 0.5) is 5.69 Å². The van der Waals surface area contributed by atoms with Gasteiger partial charge in [0.2, 0.25) is 0 Å². The van der Waals surface area contributed by atoms with Crippen molar-refractivity contribution in [2.24, 2.45) is 0 Å². The summed E-state index contributed by atoms with van der Waals surface area (Å²) in [6.45, 7) is 4.41. The Morgan fingerprint density at radius 1 is 1.36 bits per heavy atom. The third kappa shape index (κ3) is 0.969. The number of anilines is 1. The molecule has 0 radical (unpaired) electrons. The van der Waals surface area contributed by atoms with E-state index in [1.165, 1.54) is 28.7 Å². The molecule has 2 heterocycles. The lowest BCUT2D eigenvalue weighted by atomic mass is 10.2. The minimum absolute atomic E-state index is 1.08. The van der Waals surface area contributed by atoms with Crippen LogP contribution in [0.2, 0.25) is 0 Å². The maximum absolute atomic E-state index is 3.48. The molecule has 0 unspecified atom stereocenters. The van der Waals surface area contributed by atoms with Crippen LogP contribution in [0.1, 0.15) is 12.1 Å². The second-order valence-corrected chi connectivity index (χ2v) is 3.96. The number of nitrogens with zero attached hydrogens (tertiary/aromatic N) is 1. The molecule has 2 heteroatoms. The Balaban J connectivity index is 2.42. The van der Waals surface area contributed by atoms with Crippen LogP contribution in [0, 0.1) is 6.92 Å². The fraction of sp³-hybridized carbons (Fsp3) is 0.333. The number of aromatic nitrogens is 1. The molecular weight excluding hydrogens is 172 g/mol. The van der Waals surface area contributed by atoms with Crippen molar-refractivity contribution < 1.29 is 0 Å². The maximum Gasteiger partial charge on any atom is 0.0718 e. The van der Waals surface area contributed by atoms with E-state index in [0.29, 0.717) is 0 Å². The third-order valence-electron chi connectivity index (χ3n) is 3.00. The van der Waals surface area contributed by atoms with E-state index in [4.69, 9.17) is 0 Å². The normalized spacial score (nSPS) is 15.2. The summed E-state index contributed by atoms with van der Waals surface area (Å²) in [5, 5.41) is 4.84. The largest absolute Gasteiger partial charge is 0.383 e. The Hall–Kier alpha value is -1.44. The smallest absolute Gasteiger partial charge is 0.0718 e. The highest BCUT2D eigenvalue weighted by Crippen LogP contribution is 2.28. The van der Waals surface area contributed by atoms with Gasteiger partial charge in [0, 0.05) is 24.2 Å². The quantitative estimate of drug-likeness (QED) is 0.669. The highest BCUT2D eigenvalue weighted by Gasteiger charge is 2.11. The Morgan fingerprint density at radius 2 is 2.29 bits per heavy atom. The highest BCUT2D eigenvalue weighted by atomic mass is 15.0. The van der Waals surface area contributed by atoms with Gasteiger partial charge in [0.05, 0.1) is 11.2 Å². The molecule has 2 aromatic rings. The Bertz CT molecular complexity index is 482. The van der Waals surface area contributed by atoms with E-state index in [0.717, 1.165) is 13.1 Å². The Labute approximate surface area is 83.5 Å². The number of nitrogens with one attached hydrogen (secondary N) is 1. The Morgan fingerprint density at radius 3 is 3.21 bits per heavy atom. The molecular formula is C12H14N2. The van der Waals surface area contributed by atoms with Crippen molar-refractivity contribution in [3.8, 4) is 0 Å². The lowest BCUT2D eigenvalue weighted by molar-refractivity contribution is 0.678. The molecule has 0 spiro atoms. The summed E-state index contributed by atoms with van der Waals surface area (Å²) in [6, 6.07) is 8.75. The lowest BCUT2D eigenvalue weighted by Gasteiger charge is -2.05. The summed E-state index contributed by atoms with van der Waals surface area (Å²) >= 11 is 0. The first kappa shape index (κ1) is 7.92. The minimum Gasteiger partial charge on any atom is -0.383 e. The maximum atomic E-state index is 3.48. The van der Waals surface area contributed by atoms with Crippen LogP contribution in [0.15, 0.2) is 24.3 Å². The summed E-state index contributed by atoms with van der Waals surface area (Å²) < 4.78 is 2.42. The summed E-state index contributed by atoms with van der Waals surface area (Å²) in [4.78, 5) is 0. The zero-order valence-corrected chi connectivity index (χ0v) is 8.38. The second-order valence-electron chi connectivity index (χ2n) is 3.96. The van der Waals surface area contributed by atoms with Gasteiger partial charge in [-0.3, -0.25) is 0 Å². The minimum atomic E-state index is 1.08. The van der Waals surface area contributed by atoms with Crippen LogP contribution in [-0.2, 0) is 6.54 Å². The molecule has 3 rings (SSSR count). The zero-order valence-electron chi connectivity index (χ0n) is 8.38. The van der Waals surface area contributed by atoms with Gasteiger partial charge in [0.15, 0.2) is 0 Å². The number of benzene rings is 1. The second kappa shape index (κ2) is 2.77. The highest BCUT2D eigenvalue weighted by molar-refractivity contribution is 5.92. The fourth-order valence-electron chi connectivity index (χ4n) is 2.35. The molecule has 0 fully saturated rings. The van der Waals surface area contributed by atoms with Gasteiger partial charge >= 0.3 is 0 Å². The molecule has 2 nitrogen and oxygen atoms in total. The van der Waals surface area contributed by atoms with Crippen LogP contribution in [0.5, 0.6) is 0 Å². The van der Waals surface area contributed by atoms with Crippen molar-refractivity contribution in [3.63, 3.8) is 0 Å². The topological polar surface area (TPSA) is 17.0 Å². The number of hydrogen-bond acceptors (Lipinski definition) is 1. The summed E-state index contributed by atoms with van der Waals surface area (Å²) in [5.41, 5.74) is 4.03. The molecule has 0 saturated heterocycles. The molecule has 72 valence electrons. The molecule has 1 aliphatic rings. The lowest BCUT2D eigenvalue weighted by Crippen LogP contribution is -2.01. The molecule has 1 aromatic carbocycles. The van der Waals surface area contributed by atoms with Gasteiger partial charge in [-0.2, -0.15) is 0 Å². The van der Waals surface area contributed by atoms with Crippen molar-refractivity contribution in [1.29, 1.82) is 0 Å². The fourth-order valence-corrected chi connectivity index (χ4v) is 2.35. The first-order valence-corrected chi connectivity index (χ1v) is 5.19. The average molecular weight is 186 g/mol. The molecule has 1 aromatic heterocycles.